The lowest BCUT2D eigenvalue weighted by Crippen LogP contribution is -1.97. The Bertz CT molecular complexity index is 404. The van der Waals surface area contributed by atoms with Gasteiger partial charge in [0.05, 0.1) is 0 Å². The molecule has 116 valence electrons. The van der Waals surface area contributed by atoms with Crippen LogP contribution in [0.2, 0.25) is 0 Å². The molecule has 0 saturated heterocycles. The van der Waals surface area contributed by atoms with E-state index in [-0.39, 0.29) is 0 Å². The minimum Gasteiger partial charge on any atom is -0.396 e. The van der Waals surface area contributed by atoms with E-state index in [0.717, 1.165) is 25.7 Å². The van der Waals surface area contributed by atoms with Crippen LogP contribution in [0.5, 0.6) is 0 Å². The number of hydrogen-bond acceptors (Lipinski definition) is 3. The topological polar surface area (TPSA) is 60.7 Å². The Labute approximate surface area is 128 Å². The van der Waals surface area contributed by atoms with Crippen LogP contribution in [0, 0.1) is 23.7 Å². The van der Waals surface area contributed by atoms with Crippen molar-refractivity contribution >= 4 is 0 Å². The van der Waals surface area contributed by atoms with Crippen molar-refractivity contribution in [2.75, 3.05) is 6.61 Å². The summed E-state index contributed by atoms with van der Waals surface area (Å²) in [5.74, 6) is 9.97. The molecule has 0 aliphatic carbocycles. The van der Waals surface area contributed by atoms with Gasteiger partial charge in [0.25, 0.3) is 0 Å². The third kappa shape index (κ3) is 14.7. The van der Waals surface area contributed by atoms with Gasteiger partial charge in [-0.2, -0.15) is 0 Å². The summed E-state index contributed by atoms with van der Waals surface area (Å²) in [6.07, 6.45) is 10.8. The summed E-state index contributed by atoms with van der Waals surface area (Å²) in [7, 11) is 0. The number of allylic oxidation sites excluding steroid dienone is 1. The van der Waals surface area contributed by atoms with E-state index in [9.17, 15) is 5.11 Å². The van der Waals surface area contributed by atoms with Gasteiger partial charge in [-0.1, -0.05) is 56.3 Å². The summed E-state index contributed by atoms with van der Waals surface area (Å²) in [4.78, 5) is 0. The van der Waals surface area contributed by atoms with Gasteiger partial charge < -0.3 is 15.3 Å². The molecule has 0 aromatic heterocycles. The second-order valence-corrected chi connectivity index (χ2v) is 4.73. The van der Waals surface area contributed by atoms with Gasteiger partial charge in [-0.05, 0) is 37.2 Å². The quantitative estimate of drug-likeness (QED) is 0.328. The van der Waals surface area contributed by atoms with Crippen molar-refractivity contribution in [3.63, 3.8) is 0 Å². The van der Waals surface area contributed by atoms with Crippen LogP contribution in [0.3, 0.4) is 0 Å². The van der Waals surface area contributed by atoms with Crippen molar-refractivity contribution in [3.8, 4) is 23.7 Å². The summed E-state index contributed by atoms with van der Waals surface area (Å²) >= 11 is 0. The van der Waals surface area contributed by atoms with E-state index in [4.69, 9.17) is 10.2 Å². The lowest BCUT2D eigenvalue weighted by molar-refractivity contribution is 0.280. The molecule has 0 rings (SSSR count). The average Bonchev–Trinajstić information content (AvgIpc) is 2.49. The summed E-state index contributed by atoms with van der Waals surface area (Å²) in [6, 6.07) is 0. The summed E-state index contributed by atoms with van der Waals surface area (Å²) in [5.41, 5.74) is 0. The molecule has 0 amide bonds. The first kappa shape index (κ1) is 19.5. The maximum Gasteiger partial charge on any atom is 0.134 e. The lowest BCUT2D eigenvalue weighted by Gasteiger charge is -1.99. The SMILES string of the molecule is C=C[C@H](O)C#CC#C[C@H](O)/C=C/CCCCCCCCO. The predicted molar refractivity (Wildman–Crippen MR) is 86.3 cm³/mol. The molecule has 3 N–H and O–H groups in total. The van der Waals surface area contributed by atoms with Crippen LogP contribution in [-0.2, 0) is 0 Å². The summed E-state index contributed by atoms with van der Waals surface area (Å²) in [5, 5.41) is 27.2. The van der Waals surface area contributed by atoms with Crippen LogP contribution in [-0.4, -0.2) is 34.1 Å². The fraction of sp³-hybridized carbons (Fsp3) is 0.556. The van der Waals surface area contributed by atoms with Gasteiger partial charge in [0.2, 0.25) is 0 Å². The number of aliphatic hydroxyl groups excluding tert-OH is 3. The third-order valence-corrected chi connectivity index (χ3v) is 2.82. The van der Waals surface area contributed by atoms with Crippen LogP contribution in [0.25, 0.3) is 0 Å². The van der Waals surface area contributed by atoms with Gasteiger partial charge in [0.15, 0.2) is 0 Å². The second-order valence-electron chi connectivity index (χ2n) is 4.73. The standard InChI is InChI=1S/C18H26O3/c1-2-17(20)13-10-11-15-18(21)14-9-7-5-3-4-6-8-12-16-19/h2,9,14,17-21H,1,3-8,12,16H2/b14-9+/t17-,18+/m0/s1. The molecular formula is C18H26O3. The summed E-state index contributed by atoms with van der Waals surface area (Å²) in [6.45, 7) is 3.68. The number of aliphatic hydroxyl groups is 3. The lowest BCUT2D eigenvalue weighted by atomic mass is 10.1. The number of hydrogen-bond donors (Lipinski definition) is 3. The molecule has 3 heteroatoms. The molecule has 0 radical (unpaired) electrons. The molecule has 21 heavy (non-hydrogen) atoms. The van der Waals surface area contributed by atoms with Gasteiger partial charge >= 0.3 is 0 Å². The fourth-order valence-corrected chi connectivity index (χ4v) is 1.63. The molecule has 0 unspecified atom stereocenters. The minimum atomic E-state index is -0.871. The van der Waals surface area contributed by atoms with Gasteiger partial charge in [0.1, 0.15) is 12.2 Å². The van der Waals surface area contributed by atoms with Gasteiger partial charge in [-0.15, -0.1) is 0 Å². The minimum absolute atomic E-state index is 0.290. The van der Waals surface area contributed by atoms with Crippen LogP contribution >= 0.6 is 0 Å². The maximum absolute atomic E-state index is 9.54. The third-order valence-electron chi connectivity index (χ3n) is 2.82. The Morgan fingerprint density at radius 2 is 1.43 bits per heavy atom. The Kier molecular flexibility index (Phi) is 13.8. The van der Waals surface area contributed by atoms with Gasteiger partial charge in [-0.3, -0.25) is 0 Å². The van der Waals surface area contributed by atoms with Crippen molar-refractivity contribution in [2.45, 2.75) is 57.2 Å². The van der Waals surface area contributed by atoms with E-state index < -0.39 is 12.2 Å². The van der Waals surface area contributed by atoms with E-state index in [0.29, 0.717) is 6.61 Å². The zero-order valence-electron chi connectivity index (χ0n) is 12.6. The Morgan fingerprint density at radius 1 is 0.857 bits per heavy atom. The van der Waals surface area contributed by atoms with E-state index in [1.807, 2.05) is 6.08 Å². The molecule has 2 atom stereocenters. The zero-order chi connectivity index (χ0) is 15.8. The van der Waals surface area contributed by atoms with Crippen molar-refractivity contribution in [1.82, 2.24) is 0 Å². The molecular weight excluding hydrogens is 264 g/mol. The number of unbranched alkanes of at least 4 members (excludes halogenated alkanes) is 6. The Hall–Kier alpha value is -1.52. The van der Waals surface area contributed by atoms with Crippen molar-refractivity contribution in [1.29, 1.82) is 0 Å². The van der Waals surface area contributed by atoms with Crippen molar-refractivity contribution in [2.24, 2.45) is 0 Å². The van der Waals surface area contributed by atoms with E-state index in [1.165, 1.54) is 25.3 Å². The molecule has 0 heterocycles. The first-order valence-corrected chi connectivity index (χ1v) is 7.48. The van der Waals surface area contributed by atoms with Crippen molar-refractivity contribution in [3.05, 3.63) is 24.8 Å². The smallest absolute Gasteiger partial charge is 0.134 e. The number of rotatable bonds is 10. The van der Waals surface area contributed by atoms with Crippen LogP contribution in [0.1, 0.15) is 44.9 Å². The highest BCUT2D eigenvalue weighted by atomic mass is 16.3. The molecule has 0 aromatic carbocycles. The molecule has 0 spiro atoms. The van der Waals surface area contributed by atoms with Gasteiger partial charge in [0, 0.05) is 6.61 Å². The van der Waals surface area contributed by atoms with Crippen molar-refractivity contribution < 1.29 is 15.3 Å². The molecule has 0 saturated carbocycles. The molecule has 0 aliphatic heterocycles. The fourth-order valence-electron chi connectivity index (χ4n) is 1.63. The second kappa shape index (κ2) is 14.9. The maximum atomic E-state index is 9.54. The highest BCUT2D eigenvalue weighted by Gasteiger charge is 1.92. The van der Waals surface area contributed by atoms with Crippen LogP contribution < -0.4 is 0 Å². The summed E-state index contributed by atoms with van der Waals surface area (Å²) < 4.78 is 0. The van der Waals surface area contributed by atoms with E-state index >= 15 is 0 Å². The first-order chi connectivity index (χ1) is 10.2. The normalized spacial score (nSPS) is 12.9. The zero-order valence-corrected chi connectivity index (χ0v) is 12.6. The predicted octanol–water partition coefficient (Wildman–Crippen LogP) is 2.18. The Balaban J connectivity index is 3.66. The average molecular weight is 290 g/mol. The molecule has 3 nitrogen and oxygen atoms in total. The highest BCUT2D eigenvalue weighted by molar-refractivity contribution is 5.31. The van der Waals surface area contributed by atoms with Crippen LogP contribution in [0.15, 0.2) is 24.8 Å². The Morgan fingerprint density at radius 3 is 2.05 bits per heavy atom. The molecule has 0 aliphatic rings. The van der Waals surface area contributed by atoms with Crippen LogP contribution in [0.4, 0.5) is 0 Å². The monoisotopic (exact) mass is 290 g/mol. The molecule has 0 bridgehead atoms. The highest BCUT2D eigenvalue weighted by Crippen LogP contribution is 2.07. The van der Waals surface area contributed by atoms with E-state index in [1.54, 1.807) is 6.08 Å². The molecule has 0 fully saturated rings. The van der Waals surface area contributed by atoms with Gasteiger partial charge in [-0.25, -0.2) is 0 Å². The first-order valence-electron chi connectivity index (χ1n) is 7.48. The largest absolute Gasteiger partial charge is 0.396 e. The van der Waals surface area contributed by atoms with E-state index in [2.05, 4.69) is 30.3 Å². The molecule has 0 aromatic rings.